The van der Waals surface area contributed by atoms with Crippen LogP contribution in [-0.4, -0.2) is 58.7 Å². The van der Waals surface area contributed by atoms with Gasteiger partial charge in [-0.2, -0.15) is 0 Å². The van der Waals surface area contributed by atoms with Crippen molar-refractivity contribution in [3.05, 3.63) is 74.5 Å². The van der Waals surface area contributed by atoms with E-state index in [2.05, 4.69) is 31.8 Å². The van der Waals surface area contributed by atoms with Crippen LogP contribution < -0.4 is 26.6 Å². The zero-order valence-corrected chi connectivity index (χ0v) is 21.3. The van der Waals surface area contributed by atoms with Crippen LogP contribution in [-0.2, 0) is 11.2 Å². The molecular formula is C28H31FN6O3. The molecule has 2 aliphatic rings. The summed E-state index contributed by atoms with van der Waals surface area (Å²) in [4.78, 5) is 40.1. The molecule has 10 heteroatoms. The number of carboxylic acid groups (broad SMARTS) is 1. The van der Waals surface area contributed by atoms with Crippen molar-refractivity contribution in [3.63, 3.8) is 0 Å². The number of rotatable bonds is 8. The van der Waals surface area contributed by atoms with Crippen LogP contribution in [0.15, 0.2) is 46.2 Å². The lowest BCUT2D eigenvalue weighted by Gasteiger charge is -2.34. The highest BCUT2D eigenvalue weighted by Gasteiger charge is 2.27. The number of aryl methyl sites for hydroxylation is 1. The molecule has 9 nitrogen and oxygen atoms in total. The second kappa shape index (κ2) is 10.7. The zero-order chi connectivity index (χ0) is 26.8. The Labute approximate surface area is 219 Å². The van der Waals surface area contributed by atoms with Gasteiger partial charge in [-0.05, 0) is 74.7 Å². The van der Waals surface area contributed by atoms with Gasteiger partial charge in [-0.15, -0.1) is 0 Å². The number of hydrogen-bond donors (Lipinski definition) is 3. The lowest BCUT2D eigenvalue weighted by molar-refractivity contribution is -0.143. The summed E-state index contributed by atoms with van der Waals surface area (Å²) < 4.78 is 13.2. The highest BCUT2D eigenvalue weighted by atomic mass is 19.1. The molecule has 38 heavy (non-hydrogen) atoms. The van der Waals surface area contributed by atoms with Crippen molar-refractivity contribution in [1.29, 1.82) is 0 Å². The van der Waals surface area contributed by atoms with E-state index in [1.807, 2.05) is 24.0 Å². The summed E-state index contributed by atoms with van der Waals surface area (Å²) >= 11 is 0. The summed E-state index contributed by atoms with van der Waals surface area (Å²) in [7, 11) is 0. The minimum absolute atomic E-state index is 0.250. The molecule has 0 saturated carbocycles. The number of likely N-dealkylation sites (tertiary alicyclic amines) is 1. The first-order valence-electron chi connectivity index (χ1n) is 12.8. The van der Waals surface area contributed by atoms with E-state index >= 15 is 0 Å². The first-order chi connectivity index (χ1) is 18.3. The molecule has 3 heterocycles. The maximum absolute atomic E-state index is 13.2. The number of hydrogen-bond acceptors (Lipinski definition) is 7. The highest BCUT2D eigenvalue weighted by Crippen LogP contribution is 2.38. The molecule has 0 radical (unpaired) electrons. The van der Waals surface area contributed by atoms with Gasteiger partial charge in [0.25, 0.3) is 5.56 Å². The van der Waals surface area contributed by atoms with E-state index in [9.17, 15) is 19.1 Å². The minimum atomic E-state index is -0.730. The van der Waals surface area contributed by atoms with Crippen LogP contribution in [0.3, 0.4) is 0 Å². The smallest absolute Gasteiger partial charge is 0.306 e. The van der Waals surface area contributed by atoms with Crippen molar-refractivity contribution < 1.29 is 14.3 Å². The molecule has 1 aromatic heterocycles. The predicted molar refractivity (Wildman–Crippen MR) is 144 cm³/mol. The molecule has 0 aliphatic carbocycles. The van der Waals surface area contributed by atoms with Gasteiger partial charge < -0.3 is 25.2 Å². The number of nitrogens with zero attached hydrogens (tertiary/aromatic N) is 4. The van der Waals surface area contributed by atoms with E-state index in [1.165, 1.54) is 12.1 Å². The van der Waals surface area contributed by atoms with Gasteiger partial charge in [0.1, 0.15) is 11.3 Å². The van der Waals surface area contributed by atoms with Crippen molar-refractivity contribution in [1.82, 2.24) is 14.9 Å². The fourth-order valence-electron chi connectivity index (χ4n) is 5.07. The number of benzene rings is 2. The van der Waals surface area contributed by atoms with Crippen LogP contribution in [0.1, 0.15) is 24.0 Å². The van der Waals surface area contributed by atoms with E-state index in [1.54, 1.807) is 12.1 Å². The molecule has 2 aromatic carbocycles. The molecule has 2 aliphatic heterocycles. The van der Waals surface area contributed by atoms with Crippen molar-refractivity contribution in [2.24, 2.45) is 10.9 Å². The number of fused-ring (bicyclic) bond motifs is 2. The molecule has 0 unspecified atom stereocenters. The normalized spacial score (nSPS) is 15.5. The summed E-state index contributed by atoms with van der Waals surface area (Å²) in [6.07, 6.45) is 1.99. The second-order valence-corrected chi connectivity index (χ2v) is 9.86. The summed E-state index contributed by atoms with van der Waals surface area (Å²) in [5.74, 6) is -0.804. The monoisotopic (exact) mass is 518 g/mol. The van der Waals surface area contributed by atoms with Crippen molar-refractivity contribution >= 4 is 35.4 Å². The standard InChI is InChI=1S/C28H31FN6O3/c1-17-15-23-24(16-22(17)30-10-7-19-3-5-21(29)6-4-19)35(26-25(33-23)27(36)32-18(2)31-26)14-13-34-11-8-20(9-12-34)28(37)38/h3-6,15-16,20,30H,2,7-14H2,1H3,(H,32,36)(H,37,38). The minimum Gasteiger partial charge on any atom is -0.481 e. The largest absolute Gasteiger partial charge is 0.481 e. The maximum Gasteiger partial charge on any atom is 0.306 e. The summed E-state index contributed by atoms with van der Waals surface area (Å²) in [5.41, 5.74) is 4.43. The first-order valence-corrected chi connectivity index (χ1v) is 12.8. The molecule has 1 fully saturated rings. The highest BCUT2D eigenvalue weighted by molar-refractivity contribution is 5.80. The topological polar surface area (TPSA) is 114 Å². The Hall–Kier alpha value is -4.05. The van der Waals surface area contributed by atoms with Crippen molar-refractivity contribution in [2.45, 2.75) is 26.2 Å². The second-order valence-electron chi connectivity index (χ2n) is 9.86. The molecule has 0 spiro atoms. The molecule has 0 amide bonds. The zero-order valence-electron chi connectivity index (χ0n) is 21.3. The number of H-pyrrole nitrogens is 1. The molecule has 3 N–H and O–H groups in total. The third kappa shape index (κ3) is 5.45. The van der Waals surface area contributed by atoms with Gasteiger partial charge in [-0.3, -0.25) is 9.59 Å². The molecule has 3 aromatic rings. The molecule has 0 bridgehead atoms. The molecule has 1 saturated heterocycles. The van der Waals surface area contributed by atoms with Crippen LogP contribution in [0.5, 0.6) is 0 Å². The number of halogens is 1. The Morgan fingerprint density at radius 1 is 1.21 bits per heavy atom. The number of aromatic amines is 1. The van der Waals surface area contributed by atoms with E-state index in [-0.39, 0.29) is 28.1 Å². The number of nitrogens with one attached hydrogen (secondary N) is 2. The fraction of sp³-hybridized carbons (Fsp3) is 0.357. The Balaban J connectivity index is 1.40. The lowest BCUT2D eigenvalue weighted by Crippen LogP contribution is -2.45. The van der Waals surface area contributed by atoms with Crippen LogP contribution in [0.25, 0.3) is 6.58 Å². The van der Waals surface area contributed by atoms with Crippen LogP contribution in [0.4, 0.5) is 27.3 Å². The Bertz CT molecular complexity index is 1510. The van der Waals surface area contributed by atoms with Gasteiger partial charge >= 0.3 is 5.97 Å². The Kier molecular flexibility index (Phi) is 7.24. The average Bonchev–Trinajstić information content (AvgIpc) is 2.89. The van der Waals surface area contributed by atoms with Crippen LogP contribution in [0.2, 0.25) is 0 Å². The average molecular weight is 519 g/mol. The SMILES string of the molecule is C=c1nc2c(c(=O)[nH]1)=Nc1cc(C)c(NCCc3ccc(F)cc3)cc1N2CCN1CCC(C(=O)O)CC1. The molecular weight excluding hydrogens is 487 g/mol. The molecule has 5 rings (SSSR count). The van der Waals surface area contributed by atoms with Crippen molar-refractivity contribution in [2.75, 3.05) is 42.9 Å². The van der Waals surface area contributed by atoms with Gasteiger partial charge in [0.05, 0.1) is 17.3 Å². The third-order valence-corrected chi connectivity index (χ3v) is 7.24. The van der Waals surface area contributed by atoms with Gasteiger partial charge in [-0.25, -0.2) is 14.4 Å². The van der Waals surface area contributed by atoms with Crippen LogP contribution in [0, 0.1) is 18.7 Å². The molecule has 0 atom stereocenters. The summed E-state index contributed by atoms with van der Waals surface area (Å²) in [5, 5.41) is 13.1. The number of aliphatic carboxylic acids is 1. The third-order valence-electron chi connectivity index (χ3n) is 7.24. The van der Waals surface area contributed by atoms with Gasteiger partial charge in [-0.1, -0.05) is 18.7 Å². The molecule has 198 valence electrons. The number of carboxylic acids is 1. The predicted octanol–water partition coefficient (Wildman–Crippen LogP) is 2.48. The van der Waals surface area contributed by atoms with E-state index in [0.29, 0.717) is 57.1 Å². The van der Waals surface area contributed by atoms with E-state index in [0.717, 1.165) is 28.9 Å². The maximum atomic E-state index is 13.2. The lowest BCUT2D eigenvalue weighted by atomic mass is 9.97. The summed E-state index contributed by atoms with van der Waals surface area (Å²) in [6, 6.07) is 10.5. The van der Waals surface area contributed by atoms with Gasteiger partial charge in [0, 0.05) is 25.3 Å². The van der Waals surface area contributed by atoms with Crippen LogP contribution >= 0.6 is 0 Å². The Morgan fingerprint density at radius 2 is 1.95 bits per heavy atom. The van der Waals surface area contributed by atoms with Gasteiger partial charge in [0.15, 0.2) is 11.2 Å². The van der Waals surface area contributed by atoms with E-state index < -0.39 is 5.97 Å². The number of aromatic nitrogens is 2. The quantitative estimate of drug-likeness (QED) is 0.420. The van der Waals surface area contributed by atoms with Crippen molar-refractivity contribution in [3.8, 4) is 0 Å². The number of carbonyl (C=O) groups is 1. The van der Waals surface area contributed by atoms with Gasteiger partial charge in [0.2, 0.25) is 0 Å². The fourth-order valence-corrected chi connectivity index (χ4v) is 5.07. The summed E-state index contributed by atoms with van der Waals surface area (Å²) in [6.45, 7) is 9.15. The Morgan fingerprint density at radius 3 is 2.66 bits per heavy atom. The first kappa shape index (κ1) is 25.6. The number of piperidine rings is 1. The van der Waals surface area contributed by atoms with E-state index in [4.69, 9.17) is 0 Å². The number of anilines is 3.